The molecule has 0 radical (unpaired) electrons. The number of rotatable bonds is 9. The lowest BCUT2D eigenvalue weighted by molar-refractivity contribution is -0.122. The number of benzene rings is 2. The van der Waals surface area contributed by atoms with Crippen molar-refractivity contribution in [3.63, 3.8) is 0 Å². The lowest BCUT2D eigenvalue weighted by atomic mass is 10.1. The minimum absolute atomic E-state index is 0.170. The van der Waals surface area contributed by atoms with E-state index in [4.69, 9.17) is 9.47 Å². The molecule has 6 nitrogen and oxygen atoms in total. The highest BCUT2D eigenvalue weighted by Crippen LogP contribution is 2.12. The monoisotopic (exact) mass is 370 g/mol. The molecule has 2 rings (SSSR count). The predicted molar refractivity (Wildman–Crippen MR) is 104 cm³/mol. The van der Waals surface area contributed by atoms with Crippen LogP contribution in [0.15, 0.2) is 54.6 Å². The summed E-state index contributed by atoms with van der Waals surface area (Å²) in [6.07, 6.45) is 1.05. The average molecular weight is 370 g/mol. The van der Waals surface area contributed by atoms with Crippen LogP contribution in [0.1, 0.15) is 24.5 Å². The maximum Gasteiger partial charge on any atom is 0.408 e. The number of carbonyl (C=O) groups is 2. The van der Waals surface area contributed by atoms with Crippen molar-refractivity contribution in [3.05, 3.63) is 65.7 Å². The molecule has 0 aliphatic heterocycles. The first-order chi connectivity index (χ1) is 13.1. The Kier molecular flexibility index (Phi) is 8.16. The molecule has 0 heterocycles. The molecular formula is C21H26N2O4. The van der Waals surface area contributed by atoms with Gasteiger partial charge in [0.2, 0.25) is 5.91 Å². The van der Waals surface area contributed by atoms with Crippen LogP contribution in [0.2, 0.25) is 0 Å². The number of amides is 2. The van der Waals surface area contributed by atoms with Crippen molar-refractivity contribution in [2.45, 2.75) is 32.4 Å². The van der Waals surface area contributed by atoms with Crippen molar-refractivity contribution < 1.29 is 19.1 Å². The van der Waals surface area contributed by atoms with Crippen molar-refractivity contribution >= 4 is 12.0 Å². The van der Waals surface area contributed by atoms with Crippen LogP contribution in [-0.4, -0.2) is 31.7 Å². The first kappa shape index (κ1) is 20.3. The molecule has 0 aromatic heterocycles. The first-order valence-corrected chi connectivity index (χ1v) is 8.96. The van der Waals surface area contributed by atoms with Gasteiger partial charge in [0.05, 0.1) is 7.11 Å². The van der Waals surface area contributed by atoms with E-state index in [0.29, 0.717) is 6.54 Å². The van der Waals surface area contributed by atoms with E-state index in [2.05, 4.69) is 10.6 Å². The van der Waals surface area contributed by atoms with E-state index in [1.165, 1.54) is 5.56 Å². The summed E-state index contributed by atoms with van der Waals surface area (Å²) in [6, 6.07) is 16.6. The number of ether oxygens (including phenoxy) is 2. The molecule has 27 heavy (non-hydrogen) atoms. The highest BCUT2D eigenvalue weighted by molar-refractivity contribution is 5.85. The molecule has 2 amide bonds. The molecule has 2 N–H and O–H groups in total. The number of alkyl carbamates (subject to hydrolysis) is 1. The van der Waals surface area contributed by atoms with Crippen LogP contribution in [0.4, 0.5) is 4.79 Å². The Morgan fingerprint density at radius 2 is 1.70 bits per heavy atom. The van der Waals surface area contributed by atoms with Crippen molar-refractivity contribution in [3.8, 4) is 5.75 Å². The molecule has 0 aliphatic carbocycles. The number of hydrogen-bond donors (Lipinski definition) is 2. The lowest BCUT2D eigenvalue weighted by Gasteiger charge is -2.14. The molecule has 6 heteroatoms. The van der Waals surface area contributed by atoms with E-state index in [1.54, 1.807) is 14.0 Å². The van der Waals surface area contributed by atoms with Crippen LogP contribution in [0.5, 0.6) is 5.75 Å². The fourth-order valence-electron chi connectivity index (χ4n) is 2.46. The van der Waals surface area contributed by atoms with Crippen LogP contribution in [0, 0.1) is 0 Å². The average Bonchev–Trinajstić information content (AvgIpc) is 2.70. The van der Waals surface area contributed by atoms with Crippen molar-refractivity contribution in [2.75, 3.05) is 13.7 Å². The van der Waals surface area contributed by atoms with Gasteiger partial charge in [0.25, 0.3) is 0 Å². The number of carbonyl (C=O) groups excluding carboxylic acids is 2. The second kappa shape index (κ2) is 10.9. The third-order valence-electron chi connectivity index (χ3n) is 4.04. The van der Waals surface area contributed by atoms with Crippen LogP contribution in [0.3, 0.4) is 0 Å². The van der Waals surface area contributed by atoms with Gasteiger partial charge in [-0.05, 0) is 43.0 Å². The molecule has 0 spiro atoms. The van der Waals surface area contributed by atoms with Gasteiger partial charge in [-0.3, -0.25) is 4.79 Å². The third-order valence-corrected chi connectivity index (χ3v) is 4.04. The fourth-order valence-corrected chi connectivity index (χ4v) is 2.46. The molecule has 0 bridgehead atoms. The summed E-state index contributed by atoms with van der Waals surface area (Å²) < 4.78 is 10.2. The van der Waals surface area contributed by atoms with Crippen LogP contribution in [0.25, 0.3) is 0 Å². The van der Waals surface area contributed by atoms with Crippen LogP contribution in [-0.2, 0) is 22.6 Å². The Bertz CT molecular complexity index is 717. The zero-order chi connectivity index (χ0) is 19.5. The van der Waals surface area contributed by atoms with Crippen LogP contribution < -0.4 is 15.4 Å². The summed E-state index contributed by atoms with van der Waals surface area (Å²) in [7, 11) is 1.64. The van der Waals surface area contributed by atoms with E-state index in [0.717, 1.165) is 24.2 Å². The van der Waals surface area contributed by atoms with Crippen molar-refractivity contribution in [2.24, 2.45) is 0 Å². The van der Waals surface area contributed by atoms with Gasteiger partial charge in [0.1, 0.15) is 18.4 Å². The molecule has 0 aliphatic rings. The summed E-state index contributed by atoms with van der Waals surface area (Å²) >= 11 is 0. The third kappa shape index (κ3) is 7.40. The number of methoxy groups -OCH3 is 1. The van der Waals surface area contributed by atoms with Gasteiger partial charge in [-0.15, -0.1) is 0 Å². The highest BCUT2D eigenvalue weighted by atomic mass is 16.5. The summed E-state index contributed by atoms with van der Waals surface area (Å²) in [6.45, 7) is 2.33. The molecule has 0 saturated carbocycles. The van der Waals surface area contributed by atoms with E-state index in [9.17, 15) is 9.59 Å². The topological polar surface area (TPSA) is 76.7 Å². The van der Waals surface area contributed by atoms with Gasteiger partial charge in [0, 0.05) is 6.54 Å². The van der Waals surface area contributed by atoms with Gasteiger partial charge in [0.15, 0.2) is 0 Å². The van der Waals surface area contributed by atoms with Gasteiger partial charge < -0.3 is 20.1 Å². The molecule has 2 aromatic rings. The quantitative estimate of drug-likeness (QED) is 0.665. The Hall–Kier alpha value is -3.02. The summed E-state index contributed by atoms with van der Waals surface area (Å²) in [5.41, 5.74) is 2.07. The largest absolute Gasteiger partial charge is 0.497 e. The lowest BCUT2D eigenvalue weighted by Crippen LogP contribution is -2.45. The van der Waals surface area contributed by atoms with Crippen molar-refractivity contribution in [1.82, 2.24) is 10.6 Å². The van der Waals surface area contributed by atoms with E-state index in [-0.39, 0.29) is 12.5 Å². The predicted octanol–water partition coefficient (Wildman–Crippen LogP) is 3.06. The molecule has 0 unspecified atom stereocenters. The SMILES string of the molecule is COc1ccc(CCCNC(=O)[C@@H](C)NC(=O)OCc2ccccc2)cc1. The van der Waals surface area contributed by atoms with Gasteiger partial charge in [-0.2, -0.15) is 0 Å². The normalized spacial score (nSPS) is 11.3. The molecule has 1 atom stereocenters. The molecule has 0 fully saturated rings. The molecular weight excluding hydrogens is 344 g/mol. The zero-order valence-corrected chi connectivity index (χ0v) is 15.7. The molecule has 144 valence electrons. The Morgan fingerprint density at radius 1 is 1.00 bits per heavy atom. The van der Waals surface area contributed by atoms with E-state index < -0.39 is 12.1 Å². The molecule has 2 aromatic carbocycles. The summed E-state index contributed by atoms with van der Waals surface area (Å²) in [4.78, 5) is 23.8. The first-order valence-electron chi connectivity index (χ1n) is 8.96. The number of hydrogen-bond acceptors (Lipinski definition) is 4. The minimum Gasteiger partial charge on any atom is -0.497 e. The maximum absolute atomic E-state index is 12.0. The highest BCUT2D eigenvalue weighted by Gasteiger charge is 2.15. The second-order valence-corrected chi connectivity index (χ2v) is 6.17. The Balaban J connectivity index is 1.62. The van der Waals surface area contributed by atoms with Gasteiger partial charge in [-0.25, -0.2) is 4.79 Å². The Morgan fingerprint density at radius 3 is 2.37 bits per heavy atom. The van der Waals surface area contributed by atoms with E-state index in [1.807, 2.05) is 54.6 Å². The Labute approximate surface area is 159 Å². The fraction of sp³-hybridized carbons (Fsp3) is 0.333. The van der Waals surface area contributed by atoms with E-state index >= 15 is 0 Å². The maximum atomic E-state index is 12.0. The molecule has 0 saturated heterocycles. The summed E-state index contributed by atoms with van der Waals surface area (Å²) in [5.74, 6) is 0.590. The van der Waals surface area contributed by atoms with Crippen molar-refractivity contribution in [1.29, 1.82) is 0 Å². The van der Waals surface area contributed by atoms with Gasteiger partial charge >= 0.3 is 6.09 Å². The number of aryl methyl sites for hydroxylation is 1. The van der Waals surface area contributed by atoms with Crippen LogP contribution >= 0.6 is 0 Å². The number of nitrogens with one attached hydrogen (secondary N) is 2. The van der Waals surface area contributed by atoms with Gasteiger partial charge in [-0.1, -0.05) is 42.5 Å². The minimum atomic E-state index is -0.658. The standard InChI is InChI=1S/C21H26N2O4/c1-16(23-21(25)27-15-18-7-4-3-5-8-18)20(24)22-14-6-9-17-10-12-19(26-2)13-11-17/h3-5,7-8,10-13,16H,6,9,14-15H2,1-2H3,(H,22,24)(H,23,25)/t16-/m1/s1. The summed E-state index contributed by atoms with van der Waals surface area (Å²) in [5, 5.41) is 5.35. The zero-order valence-electron chi connectivity index (χ0n) is 15.7. The second-order valence-electron chi connectivity index (χ2n) is 6.17. The smallest absolute Gasteiger partial charge is 0.408 e.